The van der Waals surface area contributed by atoms with E-state index >= 15 is 0 Å². The molecule has 1 N–H and O–H groups in total. The van der Waals surface area contributed by atoms with E-state index in [4.69, 9.17) is 4.74 Å². The standard InChI is InChI=1S/C12H15F2NO3/c1-17-7-6-15-11(16)8-9-2-4-10(5-3-9)18-12(13)14/h2-5,12H,6-8H2,1H3,(H,15,16). The minimum atomic E-state index is -2.84. The summed E-state index contributed by atoms with van der Waals surface area (Å²) in [6, 6.07) is 5.97. The van der Waals surface area contributed by atoms with Gasteiger partial charge in [0.1, 0.15) is 5.75 Å². The van der Waals surface area contributed by atoms with Crippen LogP contribution in [0.5, 0.6) is 5.75 Å². The molecule has 0 spiro atoms. The first-order valence-electron chi connectivity index (χ1n) is 5.41. The summed E-state index contributed by atoms with van der Waals surface area (Å²) in [6.07, 6.45) is 0.193. The molecule has 0 unspecified atom stereocenters. The van der Waals surface area contributed by atoms with E-state index in [1.807, 2.05) is 0 Å². The Morgan fingerprint density at radius 2 is 2.00 bits per heavy atom. The van der Waals surface area contributed by atoms with Gasteiger partial charge in [-0.1, -0.05) is 12.1 Å². The Morgan fingerprint density at radius 1 is 1.33 bits per heavy atom. The third kappa shape index (κ3) is 5.58. The van der Waals surface area contributed by atoms with Crippen LogP contribution in [0.2, 0.25) is 0 Å². The van der Waals surface area contributed by atoms with Crippen molar-refractivity contribution >= 4 is 5.91 Å². The number of carbonyl (C=O) groups excluding carboxylic acids is 1. The lowest BCUT2D eigenvalue weighted by Crippen LogP contribution is -2.28. The van der Waals surface area contributed by atoms with Crippen LogP contribution in [0.4, 0.5) is 8.78 Å². The molecule has 0 fully saturated rings. The molecule has 100 valence electrons. The molecule has 0 saturated carbocycles. The topological polar surface area (TPSA) is 47.6 Å². The van der Waals surface area contributed by atoms with Gasteiger partial charge in [-0.05, 0) is 17.7 Å². The average molecular weight is 259 g/mol. The highest BCUT2D eigenvalue weighted by Crippen LogP contribution is 2.15. The maximum Gasteiger partial charge on any atom is 0.387 e. The Bertz CT molecular complexity index is 368. The van der Waals surface area contributed by atoms with Gasteiger partial charge in [0.25, 0.3) is 0 Å². The molecular formula is C12H15F2NO3. The molecule has 1 aromatic rings. The van der Waals surface area contributed by atoms with Crippen LogP contribution in [0.1, 0.15) is 5.56 Å². The summed E-state index contributed by atoms with van der Waals surface area (Å²) in [5.41, 5.74) is 0.728. The zero-order valence-corrected chi connectivity index (χ0v) is 9.99. The number of nitrogens with one attached hydrogen (secondary N) is 1. The van der Waals surface area contributed by atoms with Crippen molar-refractivity contribution in [3.8, 4) is 5.75 Å². The lowest BCUT2D eigenvalue weighted by molar-refractivity contribution is -0.120. The average Bonchev–Trinajstić information content (AvgIpc) is 2.31. The SMILES string of the molecule is COCCNC(=O)Cc1ccc(OC(F)F)cc1. The molecule has 1 rings (SSSR count). The molecule has 18 heavy (non-hydrogen) atoms. The number of methoxy groups -OCH3 is 1. The molecule has 0 atom stereocenters. The summed E-state index contributed by atoms with van der Waals surface area (Å²) in [7, 11) is 1.55. The number of benzene rings is 1. The highest BCUT2D eigenvalue weighted by atomic mass is 19.3. The van der Waals surface area contributed by atoms with Crippen molar-refractivity contribution in [3.63, 3.8) is 0 Å². The van der Waals surface area contributed by atoms with Gasteiger partial charge in [-0.3, -0.25) is 4.79 Å². The number of amides is 1. The van der Waals surface area contributed by atoms with E-state index in [2.05, 4.69) is 10.1 Å². The Hall–Kier alpha value is -1.69. The molecular weight excluding hydrogens is 244 g/mol. The van der Waals surface area contributed by atoms with Crippen LogP contribution in [0.3, 0.4) is 0 Å². The van der Waals surface area contributed by atoms with Gasteiger partial charge in [-0.2, -0.15) is 8.78 Å². The van der Waals surface area contributed by atoms with E-state index < -0.39 is 6.61 Å². The number of alkyl halides is 2. The fourth-order valence-electron chi connectivity index (χ4n) is 1.33. The molecule has 1 aromatic carbocycles. The minimum absolute atomic E-state index is 0.0774. The second-order valence-corrected chi connectivity index (χ2v) is 3.54. The Morgan fingerprint density at radius 3 is 2.56 bits per heavy atom. The maximum atomic E-state index is 11.9. The van der Waals surface area contributed by atoms with Crippen LogP contribution in [0, 0.1) is 0 Å². The maximum absolute atomic E-state index is 11.9. The van der Waals surface area contributed by atoms with Crippen molar-refractivity contribution in [2.45, 2.75) is 13.0 Å². The zero-order valence-electron chi connectivity index (χ0n) is 9.99. The number of hydrogen-bond acceptors (Lipinski definition) is 3. The molecule has 6 heteroatoms. The predicted octanol–water partition coefficient (Wildman–Crippen LogP) is 1.59. The van der Waals surface area contributed by atoms with Crippen molar-refractivity contribution in [1.82, 2.24) is 5.32 Å². The van der Waals surface area contributed by atoms with Crippen molar-refractivity contribution in [1.29, 1.82) is 0 Å². The van der Waals surface area contributed by atoms with Gasteiger partial charge in [-0.15, -0.1) is 0 Å². The largest absolute Gasteiger partial charge is 0.435 e. The predicted molar refractivity (Wildman–Crippen MR) is 61.7 cm³/mol. The Labute approximate surface area is 104 Å². The van der Waals surface area contributed by atoms with Crippen molar-refractivity contribution in [2.24, 2.45) is 0 Å². The molecule has 0 aromatic heterocycles. The highest BCUT2D eigenvalue weighted by Gasteiger charge is 2.05. The second kappa shape index (κ2) is 7.60. The van der Waals surface area contributed by atoms with Gasteiger partial charge < -0.3 is 14.8 Å². The van der Waals surface area contributed by atoms with Gasteiger partial charge in [-0.25, -0.2) is 0 Å². The molecule has 0 heterocycles. The van der Waals surface area contributed by atoms with Crippen LogP contribution in [-0.2, 0) is 16.0 Å². The third-order valence-corrected chi connectivity index (χ3v) is 2.14. The van der Waals surface area contributed by atoms with E-state index in [9.17, 15) is 13.6 Å². The summed E-state index contributed by atoms with van der Waals surface area (Å²) in [5, 5.41) is 2.66. The Kier molecular flexibility index (Phi) is 6.07. The second-order valence-electron chi connectivity index (χ2n) is 3.54. The van der Waals surface area contributed by atoms with Gasteiger partial charge in [0, 0.05) is 13.7 Å². The van der Waals surface area contributed by atoms with E-state index in [0.29, 0.717) is 13.2 Å². The fraction of sp³-hybridized carbons (Fsp3) is 0.417. The smallest absolute Gasteiger partial charge is 0.387 e. The molecule has 0 aliphatic carbocycles. The van der Waals surface area contributed by atoms with Crippen molar-refractivity contribution in [2.75, 3.05) is 20.3 Å². The summed E-state index contributed by atoms with van der Waals surface area (Å²) < 4.78 is 32.8. The van der Waals surface area contributed by atoms with Crippen LogP contribution < -0.4 is 10.1 Å². The summed E-state index contributed by atoms with van der Waals surface area (Å²) >= 11 is 0. The van der Waals surface area contributed by atoms with Gasteiger partial charge in [0.05, 0.1) is 13.0 Å². The van der Waals surface area contributed by atoms with Gasteiger partial charge in [0.2, 0.25) is 5.91 Å². The number of hydrogen-bond donors (Lipinski definition) is 1. The van der Waals surface area contributed by atoms with Crippen molar-refractivity contribution in [3.05, 3.63) is 29.8 Å². The summed E-state index contributed by atoms with van der Waals surface area (Å²) in [5.74, 6) is -0.0666. The third-order valence-electron chi connectivity index (χ3n) is 2.14. The molecule has 1 amide bonds. The van der Waals surface area contributed by atoms with Crippen molar-refractivity contribution < 1.29 is 23.0 Å². The first-order valence-corrected chi connectivity index (χ1v) is 5.41. The van der Waals surface area contributed by atoms with Gasteiger partial charge in [0.15, 0.2) is 0 Å². The quantitative estimate of drug-likeness (QED) is 0.756. The summed E-state index contributed by atoms with van der Waals surface area (Å²) in [6.45, 7) is -1.94. The highest BCUT2D eigenvalue weighted by molar-refractivity contribution is 5.78. The monoisotopic (exact) mass is 259 g/mol. The first kappa shape index (κ1) is 14.4. The number of carbonyl (C=O) groups is 1. The van der Waals surface area contributed by atoms with Crippen LogP contribution >= 0.6 is 0 Å². The van der Waals surface area contributed by atoms with Crippen LogP contribution in [0.15, 0.2) is 24.3 Å². The molecule has 4 nitrogen and oxygen atoms in total. The summed E-state index contributed by atoms with van der Waals surface area (Å²) in [4.78, 5) is 11.4. The van der Waals surface area contributed by atoms with Gasteiger partial charge >= 0.3 is 6.61 Å². The van der Waals surface area contributed by atoms with E-state index in [1.54, 1.807) is 19.2 Å². The van der Waals surface area contributed by atoms with E-state index in [1.165, 1.54) is 12.1 Å². The van der Waals surface area contributed by atoms with E-state index in [-0.39, 0.29) is 18.1 Å². The number of rotatable bonds is 7. The van der Waals surface area contributed by atoms with Crippen LogP contribution in [0.25, 0.3) is 0 Å². The molecule has 0 radical (unpaired) electrons. The lowest BCUT2D eigenvalue weighted by Gasteiger charge is -2.06. The molecule has 0 aliphatic rings. The minimum Gasteiger partial charge on any atom is -0.435 e. The molecule has 0 bridgehead atoms. The molecule has 0 aliphatic heterocycles. The zero-order chi connectivity index (χ0) is 13.4. The number of ether oxygens (including phenoxy) is 2. The normalized spacial score (nSPS) is 10.4. The van der Waals surface area contributed by atoms with E-state index in [0.717, 1.165) is 5.56 Å². The first-order chi connectivity index (χ1) is 8.61. The van der Waals surface area contributed by atoms with Crippen LogP contribution in [-0.4, -0.2) is 32.8 Å². The lowest BCUT2D eigenvalue weighted by atomic mass is 10.1. The number of halogens is 2. The Balaban J connectivity index is 2.40. The fourth-order valence-corrected chi connectivity index (χ4v) is 1.33. The molecule has 0 saturated heterocycles.